The SMILES string of the molecule is CCCS(=O)(=O)Nc1ccc(F)c(C(=O)c2c[nH]c3ncc(-c4ccc(S(=O)(=O)NCC=O)cc4)cc23)c1F. The fourth-order valence-corrected chi connectivity index (χ4v) is 5.94. The van der Waals surface area contributed by atoms with Crippen molar-refractivity contribution in [1.82, 2.24) is 14.7 Å². The number of halogens is 2. The first-order valence-electron chi connectivity index (χ1n) is 11.5. The van der Waals surface area contributed by atoms with Crippen molar-refractivity contribution < 1.29 is 35.2 Å². The van der Waals surface area contributed by atoms with Crippen molar-refractivity contribution in [3.8, 4) is 11.1 Å². The number of hydrogen-bond acceptors (Lipinski definition) is 7. The van der Waals surface area contributed by atoms with Crippen molar-refractivity contribution in [3.05, 3.63) is 77.6 Å². The normalized spacial score (nSPS) is 12.0. The highest BCUT2D eigenvalue weighted by molar-refractivity contribution is 7.92. The summed E-state index contributed by atoms with van der Waals surface area (Å²) in [7, 11) is -7.78. The summed E-state index contributed by atoms with van der Waals surface area (Å²) in [6.45, 7) is 1.25. The van der Waals surface area contributed by atoms with E-state index in [2.05, 4.69) is 14.7 Å². The number of nitrogens with one attached hydrogen (secondary N) is 3. The summed E-state index contributed by atoms with van der Waals surface area (Å²) in [5, 5.41) is 0.234. The molecule has 2 aromatic heterocycles. The molecule has 204 valence electrons. The molecule has 0 fully saturated rings. The monoisotopic (exact) mass is 576 g/mol. The van der Waals surface area contributed by atoms with E-state index in [1.807, 2.05) is 4.72 Å². The Morgan fingerprint density at radius 1 is 1.05 bits per heavy atom. The number of rotatable bonds is 11. The number of sulfonamides is 2. The Morgan fingerprint density at radius 3 is 2.44 bits per heavy atom. The predicted octanol–water partition coefficient (Wildman–Crippen LogP) is 3.37. The predicted molar refractivity (Wildman–Crippen MR) is 140 cm³/mol. The van der Waals surface area contributed by atoms with Crippen LogP contribution in [0.2, 0.25) is 0 Å². The average Bonchev–Trinajstić information content (AvgIpc) is 3.32. The molecule has 3 N–H and O–H groups in total. The van der Waals surface area contributed by atoms with E-state index in [-0.39, 0.29) is 40.2 Å². The van der Waals surface area contributed by atoms with Crippen LogP contribution in [0.1, 0.15) is 29.3 Å². The number of fused-ring (bicyclic) bond motifs is 1. The molecule has 0 aliphatic rings. The molecule has 0 aliphatic heterocycles. The summed E-state index contributed by atoms with van der Waals surface area (Å²) in [4.78, 5) is 30.7. The fourth-order valence-electron chi connectivity index (χ4n) is 3.86. The number of ketones is 1. The number of benzene rings is 2. The molecule has 14 heteroatoms. The van der Waals surface area contributed by atoms with E-state index in [0.717, 1.165) is 12.1 Å². The molecular weight excluding hydrogens is 554 g/mol. The molecule has 39 heavy (non-hydrogen) atoms. The van der Waals surface area contributed by atoms with E-state index in [1.54, 1.807) is 13.0 Å². The number of aromatic amines is 1. The van der Waals surface area contributed by atoms with Gasteiger partial charge in [0.05, 0.1) is 28.4 Å². The number of pyridine rings is 1. The van der Waals surface area contributed by atoms with E-state index >= 15 is 4.39 Å². The summed E-state index contributed by atoms with van der Waals surface area (Å²) >= 11 is 0. The van der Waals surface area contributed by atoms with Crippen molar-refractivity contribution in [2.45, 2.75) is 18.2 Å². The summed E-state index contributed by atoms with van der Waals surface area (Å²) in [6, 6.07) is 8.90. The third kappa shape index (κ3) is 5.87. The van der Waals surface area contributed by atoms with Gasteiger partial charge in [-0.1, -0.05) is 19.1 Å². The molecule has 2 heterocycles. The first-order valence-corrected chi connectivity index (χ1v) is 14.6. The van der Waals surface area contributed by atoms with Gasteiger partial charge in [-0.05, 0) is 42.3 Å². The van der Waals surface area contributed by atoms with Gasteiger partial charge >= 0.3 is 0 Å². The Kier molecular flexibility index (Phi) is 7.90. The number of nitrogens with zero attached hydrogens (tertiary/aromatic N) is 1. The summed E-state index contributed by atoms with van der Waals surface area (Å²) in [5.41, 5.74) is -0.339. The maximum atomic E-state index is 15.2. The standard InChI is InChI=1S/C25H22F2N4O6S2/c1-2-11-38(34,35)31-21-8-7-20(26)22(23(21)27)24(33)19-14-29-25-18(19)12-16(13-28-25)15-3-5-17(6-4-15)39(36,37)30-9-10-32/h3-8,10,12-14,30-31H,2,9,11H2,1H3,(H,28,29). The average molecular weight is 577 g/mol. The molecule has 4 rings (SSSR count). The van der Waals surface area contributed by atoms with Crippen LogP contribution in [0, 0.1) is 11.6 Å². The van der Waals surface area contributed by atoms with Crippen LogP contribution in [-0.2, 0) is 24.8 Å². The van der Waals surface area contributed by atoms with Crippen LogP contribution < -0.4 is 9.44 Å². The molecule has 4 aromatic rings. The molecule has 0 bridgehead atoms. The maximum Gasteiger partial charge on any atom is 0.240 e. The quantitative estimate of drug-likeness (QED) is 0.183. The lowest BCUT2D eigenvalue weighted by atomic mass is 10.00. The highest BCUT2D eigenvalue weighted by Crippen LogP contribution is 2.30. The van der Waals surface area contributed by atoms with E-state index in [4.69, 9.17) is 0 Å². The number of aldehydes is 1. The molecule has 0 radical (unpaired) electrons. The number of carbonyl (C=O) groups excluding carboxylic acids is 2. The zero-order valence-corrected chi connectivity index (χ0v) is 22.0. The minimum absolute atomic E-state index is 0.0694. The van der Waals surface area contributed by atoms with Gasteiger partial charge in [0.15, 0.2) is 5.82 Å². The first-order chi connectivity index (χ1) is 18.5. The van der Waals surface area contributed by atoms with Gasteiger partial charge in [-0.2, -0.15) is 0 Å². The molecule has 0 saturated heterocycles. The van der Waals surface area contributed by atoms with Gasteiger partial charge < -0.3 is 9.78 Å². The van der Waals surface area contributed by atoms with Gasteiger partial charge in [-0.25, -0.2) is 35.3 Å². The largest absolute Gasteiger partial charge is 0.345 e. The molecule has 0 spiro atoms. The van der Waals surface area contributed by atoms with Crippen molar-refractivity contribution in [3.63, 3.8) is 0 Å². The van der Waals surface area contributed by atoms with Crippen LogP contribution in [0.15, 0.2) is 59.8 Å². The van der Waals surface area contributed by atoms with Crippen LogP contribution >= 0.6 is 0 Å². The minimum atomic E-state index is -3.90. The third-order valence-electron chi connectivity index (χ3n) is 5.69. The Labute approximate surface area is 222 Å². The molecular formula is C25H22F2N4O6S2. The van der Waals surface area contributed by atoms with E-state index in [0.29, 0.717) is 17.4 Å². The number of H-pyrrole nitrogens is 1. The number of hydrogen-bond donors (Lipinski definition) is 3. The van der Waals surface area contributed by atoms with Gasteiger partial charge in [-0.3, -0.25) is 9.52 Å². The van der Waals surface area contributed by atoms with E-state index in [1.165, 1.54) is 36.7 Å². The second kappa shape index (κ2) is 11.0. The molecule has 0 aliphatic carbocycles. The van der Waals surface area contributed by atoms with Gasteiger partial charge in [0, 0.05) is 28.9 Å². The Balaban J connectivity index is 1.71. The Morgan fingerprint density at radius 2 is 1.77 bits per heavy atom. The molecule has 0 atom stereocenters. The zero-order valence-electron chi connectivity index (χ0n) is 20.4. The van der Waals surface area contributed by atoms with Crippen LogP contribution in [0.4, 0.5) is 14.5 Å². The van der Waals surface area contributed by atoms with Crippen molar-refractivity contribution in [2.24, 2.45) is 0 Å². The van der Waals surface area contributed by atoms with Crippen LogP contribution in [-0.4, -0.2) is 51.2 Å². The van der Waals surface area contributed by atoms with Gasteiger partial charge in [0.2, 0.25) is 25.8 Å². The third-order valence-corrected chi connectivity index (χ3v) is 8.60. The van der Waals surface area contributed by atoms with E-state index < -0.39 is 48.7 Å². The molecule has 10 nitrogen and oxygen atoms in total. The lowest BCUT2D eigenvalue weighted by Gasteiger charge is -2.11. The molecule has 0 saturated carbocycles. The van der Waals surface area contributed by atoms with Crippen LogP contribution in [0.5, 0.6) is 0 Å². The Bertz CT molecular complexity index is 1790. The van der Waals surface area contributed by atoms with Gasteiger partial charge in [-0.15, -0.1) is 0 Å². The maximum absolute atomic E-state index is 15.2. The topological polar surface area (TPSA) is 155 Å². The van der Waals surface area contributed by atoms with Crippen molar-refractivity contribution >= 4 is 48.8 Å². The highest BCUT2D eigenvalue weighted by Gasteiger charge is 2.26. The second-order valence-electron chi connectivity index (χ2n) is 8.40. The smallest absolute Gasteiger partial charge is 0.240 e. The van der Waals surface area contributed by atoms with Crippen molar-refractivity contribution in [2.75, 3.05) is 17.0 Å². The van der Waals surface area contributed by atoms with Crippen LogP contribution in [0.3, 0.4) is 0 Å². The summed E-state index contributed by atoms with van der Waals surface area (Å²) in [5.74, 6) is -3.84. The van der Waals surface area contributed by atoms with Gasteiger partial charge in [0.1, 0.15) is 17.8 Å². The molecule has 0 unspecified atom stereocenters. The summed E-state index contributed by atoms with van der Waals surface area (Å²) in [6.07, 6.45) is 3.39. The fraction of sp³-hybridized carbons (Fsp3) is 0.160. The van der Waals surface area contributed by atoms with Crippen LogP contribution in [0.25, 0.3) is 22.2 Å². The van der Waals surface area contributed by atoms with Crippen molar-refractivity contribution in [1.29, 1.82) is 0 Å². The first kappa shape index (κ1) is 28.0. The number of carbonyl (C=O) groups is 2. The minimum Gasteiger partial charge on any atom is -0.345 e. The lowest BCUT2D eigenvalue weighted by molar-refractivity contribution is -0.106. The zero-order chi connectivity index (χ0) is 28.4. The highest BCUT2D eigenvalue weighted by atomic mass is 32.2. The molecule has 2 aromatic carbocycles. The molecule has 0 amide bonds. The van der Waals surface area contributed by atoms with Gasteiger partial charge in [0.25, 0.3) is 0 Å². The lowest BCUT2D eigenvalue weighted by Crippen LogP contribution is -2.25. The number of anilines is 1. The number of aromatic nitrogens is 2. The Hall–Kier alpha value is -4.01. The van der Waals surface area contributed by atoms with E-state index in [9.17, 15) is 30.8 Å². The summed E-state index contributed by atoms with van der Waals surface area (Å²) < 4.78 is 82.6. The second-order valence-corrected chi connectivity index (χ2v) is 12.0.